The molecular weight excluding hydrogens is 258 g/mol. The highest BCUT2D eigenvalue weighted by molar-refractivity contribution is 6.30. The molecule has 0 saturated heterocycles. The summed E-state index contributed by atoms with van der Waals surface area (Å²) in [4.78, 5) is 0. The van der Waals surface area contributed by atoms with Gasteiger partial charge in [0.25, 0.3) is 0 Å². The average molecular weight is 280 g/mol. The van der Waals surface area contributed by atoms with Crippen molar-refractivity contribution >= 4 is 11.6 Å². The number of fused-ring (bicyclic) bond motifs is 1. The van der Waals surface area contributed by atoms with Gasteiger partial charge in [-0.15, -0.1) is 0 Å². The largest absolute Gasteiger partial charge is 0.496 e. The molecule has 0 spiro atoms. The van der Waals surface area contributed by atoms with E-state index >= 15 is 0 Å². The third kappa shape index (κ3) is 2.61. The molecular formula is C16H22ClNO. The van der Waals surface area contributed by atoms with E-state index in [9.17, 15) is 0 Å². The summed E-state index contributed by atoms with van der Waals surface area (Å²) in [6, 6.07) is 5.96. The maximum atomic E-state index is 6.15. The molecule has 2 aliphatic rings. The summed E-state index contributed by atoms with van der Waals surface area (Å²) in [6.45, 7) is 1.09. The van der Waals surface area contributed by atoms with Crippen LogP contribution in [-0.2, 0) is 6.42 Å². The van der Waals surface area contributed by atoms with Crippen molar-refractivity contribution in [1.82, 2.24) is 5.32 Å². The highest BCUT2D eigenvalue weighted by Gasteiger charge is 2.53. The van der Waals surface area contributed by atoms with Gasteiger partial charge in [0.1, 0.15) is 5.75 Å². The van der Waals surface area contributed by atoms with Gasteiger partial charge in [0, 0.05) is 11.6 Å². The number of rotatable bonds is 5. The maximum Gasteiger partial charge on any atom is 0.122 e. The molecule has 0 amide bonds. The molecule has 1 N–H and O–H groups in total. The summed E-state index contributed by atoms with van der Waals surface area (Å²) in [6.07, 6.45) is 5.24. The van der Waals surface area contributed by atoms with Gasteiger partial charge in [-0.3, -0.25) is 0 Å². The molecule has 0 aliphatic heterocycles. The zero-order chi connectivity index (χ0) is 13.5. The molecule has 19 heavy (non-hydrogen) atoms. The van der Waals surface area contributed by atoms with E-state index in [1.807, 2.05) is 12.1 Å². The maximum absolute atomic E-state index is 6.15. The van der Waals surface area contributed by atoms with Gasteiger partial charge in [0.2, 0.25) is 0 Å². The van der Waals surface area contributed by atoms with Crippen LogP contribution in [0.3, 0.4) is 0 Å². The van der Waals surface area contributed by atoms with Crippen LogP contribution in [0, 0.1) is 17.3 Å². The molecule has 2 aliphatic carbocycles. The third-order valence-corrected chi connectivity index (χ3v) is 5.05. The molecule has 104 valence electrons. The van der Waals surface area contributed by atoms with E-state index < -0.39 is 0 Å². The predicted molar refractivity (Wildman–Crippen MR) is 78.9 cm³/mol. The number of ether oxygens (including phenoxy) is 1. The van der Waals surface area contributed by atoms with E-state index in [1.54, 1.807) is 7.11 Å². The Morgan fingerprint density at radius 3 is 2.74 bits per heavy atom. The second kappa shape index (κ2) is 4.99. The summed E-state index contributed by atoms with van der Waals surface area (Å²) in [7, 11) is 3.80. The molecule has 1 aromatic carbocycles. The lowest BCUT2D eigenvalue weighted by Crippen LogP contribution is -2.33. The summed E-state index contributed by atoms with van der Waals surface area (Å²) in [5.41, 5.74) is 1.66. The molecule has 0 heterocycles. The predicted octanol–water partition coefficient (Wildman–Crippen LogP) is 3.53. The summed E-state index contributed by atoms with van der Waals surface area (Å²) < 4.78 is 5.49. The number of halogens is 1. The Labute approximate surface area is 120 Å². The van der Waals surface area contributed by atoms with Crippen LogP contribution in [-0.4, -0.2) is 20.7 Å². The monoisotopic (exact) mass is 279 g/mol. The van der Waals surface area contributed by atoms with Gasteiger partial charge in [0.05, 0.1) is 7.11 Å². The van der Waals surface area contributed by atoms with Gasteiger partial charge < -0.3 is 10.1 Å². The molecule has 1 aromatic rings. The van der Waals surface area contributed by atoms with E-state index in [2.05, 4.69) is 18.4 Å². The van der Waals surface area contributed by atoms with E-state index in [0.717, 1.165) is 35.6 Å². The number of methoxy groups -OCH3 is 1. The van der Waals surface area contributed by atoms with Crippen molar-refractivity contribution in [2.75, 3.05) is 20.7 Å². The van der Waals surface area contributed by atoms with Crippen molar-refractivity contribution in [2.24, 2.45) is 17.3 Å². The SMILES string of the molecule is CNCC1(Cc2cc(Cl)ccc2OC)CC2CC2C1. The van der Waals surface area contributed by atoms with E-state index in [0.29, 0.717) is 5.41 Å². The van der Waals surface area contributed by atoms with Crippen LogP contribution >= 0.6 is 11.6 Å². The van der Waals surface area contributed by atoms with Gasteiger partial charge in [-0.25, -0.2) is 0 Å². The van der Waals surface area contributed by atoms with Crippen LogP contribution in [0.2, 0.25) is 5.02 Å². The second-order valence-corrected chi connectivity index (χ2v) is 6.76. The molecule has 0 radical (unpaired) electrons. The van der Waals surface area contributed by atoms with E-state index in [-0.39, 0.29) is 0 Å². The van der Waals surface area contributed by atoms with Crippen LogP contribution in [0.4, 0.5) is 0 Å². The first-order chi connectivity index (χ1) is 9.15. The molecule has 2 saturated carbocycles. The summed E-state index contributed by atoms with van der Waals surface area (Å²) in [5, 5.41) is 4.19. The minimum absolute atomic E-state index is 0.403. The van der Waals surface area contributed by atoms with Crippen LogP contribution in [0.1, 0.15) is 24.8 Å². The molecule has 2 unspecified atom stereocenters. The van der Waals surface area contributed by atoms with Crippen molar-refractivity contribution in [3.63, 3.8) is 0 Å². The number of hydrogen-bond acceptors (Lipinski definition) is 2. The van der Waals surface area contributed by atoms with Crippen LogP contribution in [0.15, 0.2) is 18.2 Å². The highest BCUT2D eigenvalue weighted by Crippen LogP contribution is 2.60. The lowest BCUT2D eigenvalue weighted by molar-refractivity contribution is 0.251. The van der Waals surface area contributed by atoms with Crippen molar-refractivity contribution in [3.8, 4) is 5.75 Å². The highest BCUT2D eigenvalue weighted by atomic mass is 35.5. The van der Waals surface area contributed by atoms with Crippen molar-refractivity contribution in [1.29, 1.82) is 0 Å². The standard InChI is InChI=1S/C16H22ClNO/c1-18-10-16(7-11-5-12(11)8-16)9-13-6-14(17)3-4-15(13)19-2/h3-4,6,11-12,18H,5,7-10H2,1-2H3. The topological polar surface area (TPSA) is 21.3 Å². The fraction of sp³-hybridized carbons (Fsp3) is 0.625. The molecule has 2 atom stereocenters. The Morgan fingerprint density at radius 1 is 1.37 bits per heavy atom. The fourth-order valence-electron chi connectivity index (χ4n) is 4.02. The number of nitrogens with one attached hydrogen (secondary N) is 1. The zero-order valence-corrected chi connectivity index (χ0v) is 12.5. The molecule has 0 aromatic heterocycles. The number of benzene rings is 1. The first-order valence-corrected chi connectivity index (χ1v) is 7.50. The Morgan fingerprint density at radius 2 is 2.11 bits per heavy atom. The van der Waals surface area contributed by atoms with Crippen molar-refractivity contribution < 1.29 is 4.74 Å². The lowest BCUT2D eigenvalue weighted by Gasteiger charge is -2.31. The molecule has 0 bridgehead atoms. The molecule has 3 rings (SSSR count). The van der Waals surface area contributed by atoms with E-state index in [1.165, 1.54) is 24.8 Å². The number of hydrogen-bond donors (Lipinski definition) is 1. The zero-order valence-electron chi connectivity index (χ0n) is 11.7. The summed E-state index contributed by atoms with van der Waals surface area (Å²) in [5.74, 6) is 2.94. The fourth-order valence-corrected chi connectivity index (χ4v) is 4.22. The van der Waals surface area contributed by atoms with Gasteiger partial charge in [-0.1, -0.05) is 11.6 Å². The smallest absolute Gasteiger partial charge is 0.122 e. The van der Waals surface area contributed by atoms with Crippen molar-refractivity contribution in [2.45, 2.75) is 25.7 Å². The molecule has 2 fully saturated rings. The van der Waals surface area contributed by atoms with Crippen LogP contribution in [0.25, 0.3) is 0 Å². The van der Waals surface area contributed by atoms with Gasteiger partial charge in [-0.05, 0) is 73.7 Å². The lowest BCUT2D eigenvalue weighted by atomic mass is 9.77. The van der Waals surface area contributed by atoms with Gasteiger partial charge >= 0.3 is 0 Å². The average Bonchev–Trinajstić information content (AvgIpc) is 2.98. The van der Waals surface area contributed by atoms with Gasteiger partial charge in [0.15, 0.2) is 0 Å². The quantitative estimate of drug-likeness (QED) is 0.890. The van der Waals surface area contributed by atoms with Crippen molar-refractivity contribution in [3.05, 3.63) is 28.8 Å². The van der Waals surface area contributed by atoms with Crippen LogP contribution < -0.4 is 10.1 Å². The Bertz CT molecular complexity index is 464. The Balaban J connectivity index is 1.83. The normalized spacial score (nSPS) is 32.2. The third-order valence-electron chi connectivity index (χ3n) is 4.82. The Hall–Kier alpha value is -0.730. The Kier molecular flexibility index (Phi) is 3.48. The first kappa shape index (κ1) is 13.3. The minimum atomic E-state index is 0.403. The minimum Gasteiger partial charge on any atom is -0.496 e. The molecule has 2 nitrogen and oxygen atoms in total. The molecule has 3 heteroatoms. The van der Waals surface area contributed by atoms with Crippen LogP contribution in [0.5, 0.6) is 5.75 Å². The summed E-state index contributed by atoms with van der Waals surface area (Å²) >= 11 is 6.15. The second-order valence-electron chi connectivity index (χ2n) is 6.33. The van der Waals surface area contributed by atoms with E-state index in [4.69, 9.17) is 16.3 Å². The van der Waals surface area contributed by atoms with Gasteiger partial charge in [-0.2, -0.15) is 0 Å². The first-order valence-electron chi connectivity index (χ1n) is 7.13.